The third-order valence-corrected chi connectivity index (χ3v) is 7.18. The van der Waals surface area contributed by atoms with Crippen LogP contribution in [0.25, 0.3) is 0 Å². The second-order valence-corrected chi connectivity index (χ2v) is 10.8. The summed E-state index contributed by atoms with van der Waals surface area (Å²) < 4.78 is 31.1. The molecule has 0 saturated carbocycles. The van der Waals surface area contributed by atoms with Crippen molar-refractivity contribution in [2.24, 2.45) is 0 Å². The number of carbonyl (C=O) groups is 1. The van der Waals surface area contributed by atoms with E-state index in [9.17, 15) is 14.9 Å². The van der Waals surface area contributed by atoms with Crippen LogP contribution in [0, 0.1) is 10.1 Å². The van der Waals surface area contributed by atoms with Crippen LogP contribution in [0.2, 0.25) is 0 Å². The first kappa shape index (κ1) is 28.7. The molecule has 38 heavy (non-hydrogen) atoms. The maximum absolute atomic E-state index is 12.9. The van der Waals surface area contributed by atoms with Gasteiger partial charge in [0.05, 0.1) is 4.92 Å². The number of hydrogen-bond donors (Lipinski definition) is 1. The van der Waals surface area contributed by atoms with Crippen molar-refractivity contribution >= 4 is 17.5 Å². The van der Waals surface area contributed by atoms with E-state index in [0.29, 0.717) is 18.8 Å². The van der Waals surface area contributed by atoms with Crippen molar-refractivity contribution in [1.82, 2.24) is 4.90 Å². The van der Waals surface area contributed by atoms with Crippen molar-refractivity contribution < 1.29 is 33.4 Å². The number of fused-ring (bicyclic) bond motifs is 1. The molecule has 0 aliphatic carbocycles. The maximum atomic E-state index is 12.9. The molecule has 212 valence electrons. The fourth-order valence-corrected chi connectivity index (χ4v) is 5.42. The summed E-state index contributed by atoms with van der Waals surface area (Å²) in [5.74, 6) is -2.13. The molecule has 0 spiro atoms. The molecule has 3 saturated heterocycles. The molecule has 3 heterocycles. The topological polar surface area (TPSA) is 122 Å². The molecule has 3 fully saturated rings. The summed E-state index contributed by atoms with van der Waals surface area (Å²) in [5.41, 5.74) is 0.324. The number of carbonyl (C=O) groups excluding carboxylic acids is 1. The van der Waals surface area contributed by atoms with Gasteiger partial charge in [0.1, 0.15) is 12.7 Å². The highest BCUT2D eigenvalue weighted by Gasteiger charge is 2.66. The lowest BCUT2D eigenvalue weighted by Crippen LogP contribution is -2.46. The van der Waals surface area contributed by atoms with Crippen LogP contribution in [0.15, 0.2) is 24.3 Å². The number of amides is 1. The normalized spacial score (nSPS) is 28.3. The van der Waals surface area contributed by atoms with E-state index in [1.165, 1.54) is 43.5 Å². The fourth-order valence-electron chi connectivity index (χ4n) is 5.42. The summed E-state index contributed by atoms with van der Waals surface area (Å²) in [7, 11) is 0. The first-order valence-electron chi connectivity index (χ1n) is 13.8. The molecular formula is C27H41N3O8. The molecule has 0 aromatic heterocycles. The molecule has 4 rings (SSSR count). The zero-order valence-electron chi connectivity index (χ0n) is 22.7. The number of hydrogen-bond acceptors (Lipinski definition) is 9. The van der Waals surface area contributed by atoms with E-state index in [0.717, 1.165) is 38.8 Å². The van der Waals surface area contributed by atoms with Crippen LogP contribution in [-0.4, -0.2) is 78.7 Å². The van der Waals surface area contributed by atoms with Crippen LogP contribution >= 0.6 is 0 Å². The standard InChI is InChI=1S/C27H41N3O8/c1-4-5-6-7-10-17-34-19-27-24(37-26(2,3)38-27)23(22(36-27)18-29-15-8-9-16-29)35-25(31)28-20-11-13-21(14-12-20)30(32)33/h11-14,22-24H,4-10,15-19H2,1-3H3,(H,28,31)/t22-,23+,24-,27-/m0/s1. The minimum absolute atomic E-state index is 0.0623. The first-order chi connectivity index (χ1) is 18.2. The Balaban J connectivity index is 1.44. The quantitative estimate of drug-likeness (QED) is 0.215. The van der Waals surface area contributed by atoms with Crippen molar-refractivity contribution in [2.75, 3.05) is 38.2 Å². The third kappa shape index (κ3) is 7.20. The fraction of sp³-hybridized carbons (Fsp3) is 0.741. The molecule has 0 radical (unpaired) electrons. The summed E-state index contributed by atoms with van der Waals surface area (Å²) in [4.78, 5) is 25.7. The number of benzene rings is 1. The SMILES string of the molecule is CCCCCCCOC[C@@]12O[C@@H](CN3CCCC3)[C@@H](OC(=O)Nc3ccc([N+](=O)[O-])cc3)[C@@H]1OC(C)(C)O2. The summed E-state index contributed by atoms with van der Waals surface area (Å²) in [6, 6.07) is 5.57. The molecule has 1 aromatic carbocycles. The minimum atomic E-state index is -1.18. The number of non-ortho nitro benzene ring substituents is 1. The molecular weight excluding hydrogens is 494 g/mol. The van der Waals surface area contributed by atoms with Crippen LogP contribution in [0.1, 0.15) is 65.7 Å². The van der Waals surface area contributed by atoms with E-state index >= 15 is 0 Å². The maximum Gasteiger partial charge on any atom is 0.412 e. The Labute approximate surface area is 224 Å². The molecule has 4 atom stereocenters. The lowest BCUT2D eigenvalue weighted by molar-refractivity contribution is -0.384. The Hall–Kier alpha value is -2.31. The monoisotopic (exact) mass is 535 g/mol. The molecule has 3 aliphatic rings. The summed E-state index contributed by atoms with van der Waals surface area (Å²) in [6.45, 7) is 9.08. The van der Waals surface area contributed by atoms with E-state index in [1.807, 2.05) is 13.8 Å². The van der Waals surface area contributed by atoms with Gasteiger partial charge in [-0.1, -0.05) is 32.6 Å². The lowest BCUT2D eigenvalue weighted by atomic mass is 10.0. The average molecular weight is 536 g/mol. The molecule has 1 N–H and O–H groups in total. The predicted octanol–water partition coefficient (Wildman–Crippen LogP) is 4.84. The Kier molecular flexibility index (Phi) is 9.59. The molecule has 0 unspecified atom stereocenters. The number of nitrogens with zero attached hydrogens (tertiary/aromatic N) is 2. The Morgan fingerprint density at radius 3 is 2.53 bits per heavy atom. The van der Waals surface area contributed by atoms with Crippen molar-refractivity contribution in [3.05, 3.63) is 34.4 Å². The Morgan fingerprint density at radius 2 is 1.84 bits per heavy atom. The van der Waals surface area contributed by atoms with E-state index in [-0.39, 0.29) is 12.3 Å². The van der Waals surface area contributed by atoms with Gasteiger partial charge in [-0.2, -0.15) is 0 Å². The van der Waals surface area contributed by atoms with Crippen LogP contribution < -0.4 is 5.32 Å². The molecule has 3 aliphatic heterocycles. The predicted molar refractivity (Wildman–Crippen MR) is 140 cm³/mol. The minimum Gasteiger partial charge on any atom is -0.440 e. The lowest BCUT2D eigenvalue weighted by Gasteiger charge is -2.30. The zero-order chi connectivity index (χ0) is 27.2. The number of nitro benzene ring substituents is 1. The van der Waals surface area contributed by atoms with E-state index in [4.69, 9.17) is 23.7 Å². The van der Waals surface area contributed by atoms with E-state index in [1.54, 1.807) is 0 Å². The van der Waals surface area contributed by atoms with Crippen molar-refractivity contribution in [3.8, 4) is 0 Å². The number of likely N-dealkylation sites (tertiary alicyclic amines) is 1. The van der Waals surface area contributed by atoms with Crippen LogP contribution in [0.5, 0.6) is 0 Å². The van der Waals surface area contributed by atoms with Crippen molar-refractivity contribution in [1.29, 1.82) is 0 Å². The highest BCUT2D eigenvalue weighted by Crippen LogP contribution is 2.47. The Morgan fingerprint density at radius 1 is 1.13 bits per heavy atom. The third-order valence-electron chi connectivity index (χ3n) is 7.18. The highest BCUT2D eigenvalue weighted by atomic mass is 16.9. The molecule has 11 nitrogen and oxygen atoms in total. The van der Waals surface area contributed by atoms with Gasteiger partial charge in [0, 0.05) is 31.0 Å². The van der Waals surface area contributed by atoms with Gasteiger partial charge in [-0.15, -0.1) is 0 Å². The summed E-state index contributed by atoms with van der Waals surface area (Å²) >= 11 is 0. The second-order valence-electron chi connectivity index (χ2n) is 10.8. The first-order valence-corrected chi connectivity index (χ1v) is 13.8. The van der Waals surface area contributed by atoms with E-state index < -0.39 is 40.9 Å². The van der Waals surface area contributed by atoms with Crippen LogP contribution in [-0.2, 0) is 23.7 Å². The number of anilines is 1. The Bertz CT molecular complexity index is 937. The van der Waals surface area contributed by atoms with Crippen LogP contribution in [0.4, 0.5) is 16.2 Å². The number of nitrogens with one attached hydrogen (secondary N) is 1. The molecule has 0 bridgehead atoms. The second kappa shape index (κ2) is 12.7. The van der Waals surface area contributed by atoms with Gasteiger partial charge >= 0.3 is 6.09 Å². The number of unbranched alkanes of at least 4 members (excludes halogenated alkanes) is 4. The van der Waals surface area contributed by atoms with Crippen LogP contribution in [0.3, 0.4) is 0 Å². The van der Waals surface area contributed by atoms with Gasteiger partial charge < -0.3 is 28.6 Å². The average Bonchev–Trinajstić information content (AvgIpc) is 3.53. The van der Waals surface area contributed by atoms with Gasteiger partial charge in [0.2, 0.25) is 5.79 Å². The van der Waals surface area contributed by atoms with Crippen molar-refractivity contribution in [2.45, 2.75) is 95.6 Å². The van der Waals surface area contributed by atoms with Gasteiger partial charge in [-0.3, -0.25) is 15.4 Å². The van der Waals surface area contributed by atoms with E-state index in [2.05, 4.69) is 17.1 Å². The van der Waals surface area contributed by atoms with Gasteiger partial charge in [-0.25, -0.2) is 4.79 Å². The summed E-state index contributed by atoms with van der Waals surface area (Å²) in [6.07, 6.45) is 5.34. The number of rotatable bonds is 13. The molecule has 1 aromatic rings. The molecule has 11 heteroatoms. The largest absolute Gasteiger partial charge is 0.440 e. The van der Waals surface area contributed by atoms with Gasteiger partial charge in [0.25, 0.3) is 5.69 Å². The summed E-state index contributed by atoms with van der Waals surface area (Å²) in [5, 5.41) is 13.6. The van der Waals surface area contributed by atoms with Crippen molar-refractivity contribution in [3.63, 3.8) is 0 Å². The highest BCUT2D eigenvalue weighted by molar-refractivity contribution is 5.84. The number of ether oxygens (including phenoxy) is 5. The number of nitro groups is 1. The molecule has 1 amide bonds. The van der Waals surface area contributed by atoms with Gasteiger partial charge in [-0.05, 0) is 58.3 Å². The zero-order valence-corrected chi connectivity index (χ0v) is 22.7. The van der Waals surface area contributed by atoms with Gasteiger partial charge in [0.15, 0.2) is 18.0 Å². The smallest absolute Gasteiger partial charge is 0.412 e.